The number of carbonyl (C=O) groups excluding carboxylic acids is 2. The fourth-order valence-corrected chi connectivity index (χ4v) is 4.47. The zero-order valence-electron chi connectivity index (χ0n) is 13.0. The van der Waals surface area contributed by atoms with Crippen LogP contribution in [0.3, 0.4) is 0 Å². The molecule has 4 rings (SSSR count). The highest BCUT2D eigenvalue weighted by Crippen LogP contribution is 2.54. The van der Waals surface area contributed by atoms with Crippen molar-refractivity contribution in [3.63, 3.8) is 0 Å². The molecule has 2 aliphatic carbocycles. The maximum absolute atomic E-state index is 12.9. The van der Waals surface area contributed by atoms with E-state index in [2.05, 4.69) is 0 Å². The Morgan fingerprint density at radius 2 is 1.67 bits per heavy atom. The van der Waals surface area contributed by atoms with Gasteiger partial charge in [-0.25, -0.2) is 0 Å². The van der Waals surface area contributed by atoms with Crippen LogP contribution >= 0.6 is 0 Å². The number of hydrogen-bond acceptors (Lipinski definition) is 4. The van der Waals surface area contributed by atoms with E-state index in [-0.39, 0.29) is 41.9 Å². The van der Waals surface area contributed by atoms with E-state index in [1.165, 1.54) is 4.90 Å². The number of rotatable bonds is 4. The number of nitrogens with two attached hydrogens (primary N) is 1. The summed E-state index contributed by atoms with van der Waals surface area (Å²) >= 11 is 0. The van der Waals surface area contributed by atoms with E-state index in [9.17, 15) is 19.5 Å². The van der Waals surface area contributed by atoms with Crippen molar-refractivity contribution in [2.75, 3.05) is 5.73 Å². The van der Waals surface area contributed by atoms with E-state index < -0.39 is 12.0 Å². The summed E-state index contributed by atoms with van der Waals surface area (Å²) in [6.07, 6.45) is 4.60. The fraction of sp³-hybridized carbons (Fsp3) is 0.389. The van der Waals surface area contributed by atoms with Crippen LogP contribution in [0.1, 0.15) is 24.4 Å². The summed E-state index contributed by atoms with van der Waals surface area (Å²) < 4.78 is 0. The summed E-state index contributed by atoms with van der Waals surface area (Å²) in [5, 5.41) is 9.27. The minimum absolute atomic E-state index is 0.110. The normalized spacial score (nSPS) is 31.6. The van der Waals surface area contributed by atoms with Crippen molar-refractivity contribution in [3.8, 4) is 0 Å². The molecule has 24 heavy (non-hydrogen) atoms. The van der Waals surface area contributed by atoms with Crippen molar-refractivity contribution in [1.82, 2.24) is 4.90 Å². The molecule has 6 nitrogen and oxygen atoms in total. The summed E-state index contributed by atoms with van der Waals surface area (Å²) in [7, 11) is 0. The number of carboxylic acid groups (broad SMARTS) is 1. The Morgan fingerprint density at radius 1 is 1.12 bits per heavy atom. The largest absolute Gasteiger partial charge is 0.481 e. The number of hydrogen-bond donors (Lipinski definition) is 2. The van der Waals surface area contributed by atoms with Gasteiger partial charge in [-0.15, -0.1) is 0 Å². The standard InChI is InChI=1S/C18H18N2O4/c19-12-5-3-9(4-6-12)13(8-14(21)22)20-17(23)15-10-1-2-11(7-10)16(15)18(20)24/h1-6,10-11,13,15-16H,7-8,19H2,(H,21,22). The highest BCUT2D eigenvalue weighted by Gasteiger charge is 2.60. The molecule has 1 heterocycles. The van der Waals surface area contributed by atoms with E-state index in [0.717, 1.165) is 6.42 Å². The number of imide groups is 1. The van der Waals surface area contributed by atoms with Crippen LogP contribution in [0.25, 0.3) is 0 Å². The van der Waals surface area contributed by atoms with Gasteiger partial charge < -0.3 is 10.8 Å². The molecule has 2 bridgehead atoms. The van der Waals surface area contributed by atoms with Crippen LogP contribution < -0.4 is 5.73 Å². The van der Waals surface area contributed by atoms with Crippen molar-refractivity contribution in [2.45, 2.75) is 18.9 Å². The molecule has 124 valence electrons. The zero-order chi connectivity index (χ0) is 17.0. The number of nitrogen functional groups attached to an aromatic ring is 1. The molecule has 0 spiro atoms. The van der Waals surface area contributed by atoms with E-state index in [4.69, 9.17) is 5.73 Å². The Kier molecular flexibility index (Phi) is 3.23. The predicted octanol–water partition coefficient (Wildman–Crippen LogP) is 1.59. The molecule has 2 amide bonds. The number of carboxylic acids is 1. The Morgan fingerprint density at radius 3 is 2.17 bits per heavy atom. The summed E-state index contributed by atoms with van der Waals surface area (Å²) in [6.45, 7) is 0. The molecule has 1 saturated carbocycles. The van der Waals surface area contributed by atoms with Crippen molar-refractivity contribution in [2.24, 2.45) is 23.7 Å². The van der Waals surface area contributed by atoms with Crippen LogP contribution in [0.15, 0.2) is 36.4 Å². The highest BCUT2D eigenvalue weighted by molar-refractivity contribution is 6.07. The monoisotopic (exact) mass is 326 g/mol. The number of amides is 2. The molecule has 5 unspecified atom stereocenters. The van der Waals surface area contributed by atoms with Crippen LogP contribution in [-0.2, 0) is 14.4 Å². The van der Waals surface area contributed by atoms with Gasteiger partial charge in [0.15, 0.2) is 0 Å². The fourth-order valence-electron chi connectivity index (χ4n) is 4.47. The second-order valence-corrected chi connectivity index (χ2v) is 6.83. The quantitative estimate of drug-likeness (QED) is 0.497. The maximum atomic E-state index is 12.9. The number of carbonyl (C=O) groups is 3. The molecule has 3 aliphatic rings. The Bertz CT molecular complexity index is 725. The van der Waals surface area contributed by atoms with Crippen molar-refractivity contribution >= 4 is 23.5 Å². The second-order valence-electron chi connectivity index (χ2n) is 6.83. The predicted molar refractivity (Wildman–Crippen MR) is 85.4 cm³/mol. The molecule has 1 saturated heterocycles. The average Bonchev–Trinajstić information content (AvgIpc) is 3.20. The van der Waals surface area contributed by atoms with Gasteiger partial charge in [0.2, 0.25) is 11.8 Å². The first kappa shape index (κ1) is 14.9. The highest BCUT2D eigenvalue weighted by atomic mass is 16.4. The van der Waals surface area contributed by atoms with Crippen molar-refractivity contribution in [1.29, 1.82) is 0 Å². The van der Waals surface area contributed by atoms with Gasteiger partial charge in [-0.05, 0) is 36.0 Å². The van der Waals surface area contributed by atoms with E-state index in [1.807, 2.05) is 12.2 Å². The number of fused-ring (bicyclic) bond motifs is 5. The minimum Gasteiger partial charge on any atom is -0.481 e. The molecule has 1 aliphatic heterocycles. The van der Waals surface area contributed by atoms with E-state index in [1.54, 1.807) is 24.3 Å². The molecular formula is C18H18N2O4. The first-order valence-corrected chi connectivity index (χ1v) is 8.10. The number of nitrogens with zero attached hydrogens (tertiary/aromatic N) is 1. The lowest BCUT2D eigenvalue weighted by Gasteiger charge is -2.27. The smallest absolute Gasteiger partial charge is 0.305 e. The molecule has 0 aromatic heterocycles. The van der Waals surface area contributed by atoms with Crippen LogP contribution in [-0.4, -0.2) is 27.8 Å². The maximum Gasteiger partial charge on any atom is 0.305 e. The molecular weight excluding hydrogens is 308 g/mol. The van der Waals surface area contributed by atoms with Gasteiger partial charge in [-0.2, -0.15) is 0 Å². The number of allylic oxidation sites excluding steroid dienone is 2. The Hall–Kier alpha value is -2.63. The van der Waals surface area contributed by atoms with E-state index in [0.29, 0.717) is 11.3 Å². The molecule has 1 aromatic carbocycles. The first-order valence-electron chi connectivity index (χ1n) is 8.10. The first-order chi connectivity index (χ1) is 11.5. The third-order valence-electron chi connectivity index (χ3n) is 5.51. The van der Waals surface area contributed by atoms with Gasteiger partial charge in [0.25, 0.3) is 0 Å². The molecule has 5 atom stereocenters. The molecule has 3 N–H and O–H groups in total. The number of aliphatic carboxylic acids is 1. The molecule has 6 heteroatoms. The van der Waals surface area contributed by atoms with Crippen molar-refractivity contribution < 1.29 is 19.5 Å². The number of likely N-dealkylation sites (tertiary alicyclic amines) is 1. The topological polar surface area (TPSA) is 101 Å². The zero-order valence-corrected chi connectivity index (χ0v) is 13.0. The lowest BCUT2D eigenvalue weighted by Crippen LogP contribution is -2.37. The SMILES string of the molecule is Nc1ccc(C(CC(=O)O)N2C(=O)C3C4C=CC(C4)C3C2=O)cc1. The van der Waals surface area contributed by atoms with Gasteiger partial charge in [0.05, 0.1) is 24.3 Å². The van der Waals surface area contributed by atoms with E-state index >= 15 is 0 Å². The van der Waals surface area contributed by atoms with Crippen LogP contribution in [0.5, 0.6) is 0 Å². The average molecular weight is 326 g/mol. The summed E-state index contributed by atoms with van der Waals surface area (Å²) in [6, 6.07) is 5.89. The third-order valence-corrected chi connectivity index (χ3v) is 5.51. The summed E-state index contributed by atoms with van der Waals surface area (Å²) in [5.41, 5.74) is 6.85. The lowest BCUT2D eigenvalue weighted by atomic mass is 9.85. The second kappa shape index (κ2) is 5.19. The van der Waals surface area contributed by atoms with Gasteiger partial charge in [0, 0.05) is 5.69 Å². The summed E-state index contributed by atoms with van der Waals surface area (Å²) in [5.74, 6) is -1.93. The van der Waals surface area contributed by atoms with Crippen LogP contribution in [0.4, 0.5) is 5.69 Å². The minimum atomic E-state index is -1.05. The van der Waals surface area contributed by atoms with Gasteiger partial charge in [-0.3, -0.25) is 19.3 Å². The lowest BCUT2D eigenvalue weighted by molar-refractivity contribution is -0.146. The number of anilines is 1. The van der Waals surface area contributed by atoms with Crippen molar-refractivity contribution in [3.05, 3.63) is 42.0 Å². The van der Waals surface area contributed by atoms with Gasteiger partial charge in [-0.1, -0.05) is 24.3 Å². The Balaban J connectivity index is 1.71. The summed E-state index contributed by atoms with van der Waals surface area (Å²) in [4.78, 5) is 38.3. The van der Waals surface area contributed by atoms with Gasteiger partial charge in [0.1, 0.15) is 0 Å². The third kappa shape index (κ3) is 2.06. The molecule has 2 fully saturated rings. The van der Waals surface area contributed by atoms with Crippen LogP contribution in [0, 0.1) is 23.7 Å². The van der Waals surface area contributed by atoms with Crippen LogP contribution in [0.2, 0.25) is 0 Å². The Labute approximate surface area is 138 Å². The molecule has 1 aromatic rings. The van der Waals surface area contributed by atoms with Gasteiger partial charge >= 0.3 is 5.97 Å². The number of benzene rings is 1. The molecule has 0 radical (unpaired) electrons.